The number of hydrogen-bond acceptors (Lipinski definition) is 3. The van der Waals surface area contributed by atoms with Gasteiger partial charge in [0.15, 0.2) is 0 Å². The molecule has 2 nitrogen and oxygen atoms in total. The van der Waals surface area contributed by atoms with Crippen molar-refractivity contribution >= 4 is 78.0 Å². The van der Waals surface area contributed by atoms with Gasteiger partial charge in [-0.3, -0.25) is 0 Å². The van der Waals surface area contributed by atoms with Crippen molar-refractivity contribution in [3.63, 3.8) is 0 Å². The van der Waals surface area contributed by atoms with E-state index in [0.29, 0.717) is 0 Å². The summed E-state index contributed by atoms with van der Waals surface area (Å²) in [7, 11) is 0. The third-order valence-electron chi connectivity index (χ3n) is 14.3. The van der Waals surface area contributed by atoms with Crippen LogP contribution >= 0.6 is 11.3 Å². The largest absolute Gasteiger partial charge is 0.311 e. The zero-order valence-electron chi connectivity index (χ0n) is 39.5. The van der Waals surface area contributed by atoms with Crippen LogP contribution in [0.5, 0.6) is 0 Å². The lowest BCUT2D eigenvalue weighted by Gasteiger charge is -2.45. The molecule has 0 bridgehead atoms. The molecule has 1 aromatic heterocycles. The summed E-state index contributed by atoms with van der Waals surface area (Å²) < 4.78 is 2.80. The Morgan fingerprint density at radius 1 is 0.500 bits per heavy atom. The van der Waals surface area contributed by atoms with E-state index in [4.69, 9.17) is 0 Å². The number of thiophene rings is 1. The number of hydrogen-bond donors (Lipinski definition) is 0. The van der Waals surface area contributed by atoms with E-state index in [0.717, 1.165) is 0 Å². The van der Waals surface area contributed by atoms with E-state index in [2.05, 4.69) is 212 Å². The maximum absolute atomic E-state index is 2.67. The third-order valence-corrected chi connectivity index (χ3v) is 15.5. The predicted octanol–water partition coefficient (Wildman–Crippen LogP) is 14.5. The van der Waals surface area contributed by atoms with Crippen molar-refractivity contribution in [2.24, 2.45) is 0 Å². The molecular weight excluding hydrogens is 744 g/mol. The van der Waals surface area contributed by atoms with Crippen molar-refractivity contribution in [3.05, 3.63) is 124 Å². The first-order valence-electron chi connectivity index (χ1n) is 22.5. The quantitative estimate of drug-likeness (QED) is 0.161. The average Bonchev–Trinajstić information content (AvgIpc) is 3.53. The molecule has 310 valence electrons. The molecule has 0 unspecified atom stereocenters. The number of anilines is 6. The highest BCUT2D eigenvalue weighted by molar-refractivity contribution is 7.33. The summed E-state index contributed by atoms with van der Waals surface area (Å²) >= 11 is 2.01. The smallest absolute Gasteiger partial charge is 0.264 e. The molecule has 1 aliphatic carbocycles. The minimum atomic E-state index is -0.00991. The fraction of sp³-hybridized carbons (Fsp3) is 0.429. The van der Waals surface area contributed by atoms with Gasteiger partial charge in [-0.15, -0.1) is 11.3 Å². The van der Waals surface area contributed by atoms with Crippen LogP contribution in [0.25, 0.3) is 10.1 Å². The first-order chi connectivity index (χ1) is 27.8. The van der Waals surface area contributed by atoms with Gasteiger partial charge in [0.1, 0.15) is 0 Å². The third kappa shape index (κ3) is 6.49. The summed E-state index contributed by atoms with van der Waals surface area (Å²) in [4.78, 5) is 5.31. The Bertz CT molecular complexity index is 2680. The lowest BCUT2D eigenvalue weighted by atomic mass is 9.36. The van der Waals surface area contributed by atoms with Crippen LogP contribution in [-0.2, 0) is 32.5 Å². The van der Waals surface area contributed by atoms with Gasteiger partial charge in [0.2, 0.25) is 0 Å². The Labute approximate surface area is 366 Å². The molecule has 4 heteroatoms. The van der Waals surface area contributed by atoms with Gasteiger partial charge in [-0.05, 0) is 144 Å². The highest BCUT2D eigenvalue weighted by Gasteiger charge is 2.46. The van der Waals surface area contributed by atoms with Crippen LogP contribution in [-0.4, -0.2) is 6.71 Å². The molecule has 0 N–H and O–H groups in total. The molecule has 0 fully saturated rings. The van der Waals surface area contributed by atoms with Crippen molar-refractivity contribution in [1.82, 2.24) is 0 Å². The van der Waals surface area contributed by atoms with Gasteiger partial charge in [-0.25, -0.2) is 0 Å². The second kappa shape index (κ2) is 13.1. The topological polar surface area (TPSA) is 6.48 Å². The predicted molar refractivity (Wildman–Crippen MR) is 266 cm³/mol. The molecule has 0 saturated carbocycles. The minimum Gasteiger partial charge on any atom is -0.311 e. The molecule has 2 aliphatic heterocycles. The van der Waals surface area contributed by atoms with E-state index in [-0.39, 0.29) is 39.2 Å². The fourth-order valence-electron chi connectivity index (χ4n) is 10.2. The molecule has 0 radical (unpaired) electrons. The number of rotatable bonds is 2. The van der Waals surface area contributed by atoms with E-state index in [9.17, 15) is 0 Å². The Morgan fingerprint density at radius 3 is 1.65 bits per heavy atom. The Kier molecular flexibility index (Phi) is 8.99. The van der Waals surface area contributed by atoms with Gasteiger partial charge < -0.3 is 9.80 Å². The molecule has 6 aromatic rings. The van der Waals surface area contributed by atoms with Crippen molar-refractivity contribution in [2.45, 2.75) is 156 Å². The van der Waals surface area contributed by atoms with Crippen LogP contribution in [0.2, 0.25) is 0 Å². The first-order valence-corrected chi connectivity index (χ1v) is 23.3. The monoisotopic (exact) mass is 811 g/mol. The molecule has 3 aliphatic rings. The van der Waals surface area contributed by atoms with Crippen molar-refractivity contribution in [2.75, 3.05) is 9.80 Å². The molecule has 5 aromatic carbocycles. The second-order valence-corrected chi connectivity index (χ2v) is 25.0. The molecule has 0 saturated heterocycles. The normalized spacial score (nSPS) is 17.0. The van der Waals surface area contributed by atoms with E-state index >= 15 is 0 Å². The molecule has 3 heterocycles. The SMILES string of the molecule is CC(C)(C)c1cc(N2c3cc(C(C)(C)C)ccc3B3c4sc5ccc(C(C)(C)C)cc5c4N(c4ccc5c(c4)C(C)(C)CCC5(C)C)c4cccc2c43)cc(C(C)(C)C)c1. The zero-order chi connectivity index (χ0) is 43.3. The molecule has 0 amide bonds. The van der Waals surface area contributed by atoms with Gasteiger partial charge in [-0.1, -0.05) is 147 Å². The fourth-order valence-corrected chi connectivity index (χ4v) is 11.5. The lowest BCUT2D eigenvalue weighted by molar-refractivity contribution is 0.332. The van der Waals surface area contributed by atoms with Crippen molar-refractivity contribution in [3.8, 4) is 0 Å². The van der Waals surface area contributed by atoms with Gasteiger partial charge in [-0.2, -0.15) is 0 Å². The molecule has 0 spiro atoms. The molecule has 60 heavy (non-hydrogen) atoms. The average molecular weight is 811 g/mol. The van der Waals surface area contributed by atoms with Gasteiger partial charge in [0.05, 0.1) is 5.69 Å². The molecular formula is C56H67BN2S. The number of fused-ring (bicyclic) bond motifs is 7. The van der Waals surface area contributed by atoms with Gasteiger partial charge >= 0.3 is 0 Å². The summed E-state index contributed by atoms with van der Waals surface area (Å²) in [6.07, 6.45) is 2.39. The number of nitrogens with zero attached hydrogens (tertiary/aromatic N) is 2. The van der Waals surface area contributed by atoms with Gasteiger partial charge in [0.25, 0.3) is 6.71 Å². The van der Waals surface area contributed by atoms with Crippen LogP contribution in [0, 0.1) is 0 Å². The van der Waals surface area contributed by atoms with Gasteiger partial charge in [0, 0.05) is 43.3 Å². The lowest BCUT2D eigenvalue weighted by Crippen LogP contribution is -2.60. The summed E-state index contributed by atoms with van der Waals surface area (Å²) in [6, 6.07) is 36.8. The first kappa shape index (κ1) is 41.1. The number of benzene rings is 5. The van der Waals surface area contributed by atoms with E-state index < -0.39 is 0 Å². The standard InChI is InChI=1S/C56H67BN2S/c1-51(2,3)34-21-25-47-40(31-34)49-50(60-47)57-43-24-20-35(52(4,5)6)32-46(43)58(39-29-36(53(7,8)9)28-37(30-39)54(10,11)12)44-18-17-19-45(48(44)57)59(49)38-22-23-41-42(33-38)56(15,16)27-26-55(41,13)14/h17-25,28-33H,26-27H2,1-16H3. The van der Waals surface area contributed by atoms with Crippen molar-refractivity contribution < 1.29 is 0 Å². The summed E-state index contributed by atoms with van der Waals surface area (Å²) in [5, 5.41) is 1.36. The molecule has 9 rings (SSSR count). The van der Waals surface area contributed by atoms with E-state index in [1.54, 1.807) is 0 Å². The Hall–Kier alpha value is -4.28. The van der Waals surface area contributed by atoms with E-state index in [1.807, 2.05) is 11.3 Å². The second-order valence-electron chi connectivity index (χ2n) is 23.9. The Morgan fingerprint density at radius 2 is 1.05 bits per heavy atom. The zero-order valence-corrected chi connectivity index (χ0v) is 40.3. The molecule has 0 atom stereocenters. The maximum atomic E-state index is 2.67. The highest BCUT2D eigenvalue weighted by Crippen LogP contribution is 2.52. The Balaban J connectivity index is 1.40. The van der Waals surface area contributed by atoms with Crippen molar-refractivity contribution in [1.29, 1.82) is 0 Å². The minimum absolute atomic E-state index is 0.00304. The summed E-state index contributed by atoms with van der Waals surface area (Å²) in [5.74, 6) is 0. The summed E-state index contributed by atoms with van der Waals surface area (Å²) in [6.45, 7) is 38.1. The summed E-state index contributed by atoms with van der Waals surface area (Å²) in [5.41, 5.74) is 19.2. The van der Waals surface area contributed by atoms with Crippen LogP contribution in [0.3, 0.4) is 0 Å². The van der Waals surface area contributed by atoms with Crippen LogP contribution < -0.4 is 25.5 Å². The van der Waals surface area contributed by atoms with Crippen LogP contribution in [0.4, 0.5) is 34.1 Å². The van der Waals surface area contributed by atoms with Crippen LogP contribution in [0.15, 0.2) is 91.0 Å². The maximum Gasteiger partial charge on any atom is 0.264 e. The van der Waals surface area contributed by atoms with E-state index in [1.165, 1.54) is 106 Å². The van der Waals surface area contributed by atoms with Crippen LogP contribution in [0.1, 0.15) is 157 Å². The highest BCUT2D eigenvalue weighted by atomic mass is 32.1.